The highest BCUT2D eigenvalue weighted by Crippen LogP contribution is 2.28. The maximum absolute atomic E-state index is 13.0. The summed E-state index contributed by atoms with van der Waals surface area (Å²) in [7, 11) is 0. The third-order valence-corrected chi connectivity index (χ3v) is 5.47. The van der Waals surface area contributed by atoms with Gasteiger partial charge in [-0.15, -0.1) is 0 Å². The van der Waals surface area contributed by atoms with E-state index in [2.05, 4.69) is 34.0 Å². The quantitative estimate of drug-likeness (QED) is 0.846. The first-order chi connectivity index (χ1) is 12.9. The molecule has 0 aromatic carbocycles. The van der Waals surface area contributed by atoms with E-state index in [1.54, 1.807) is 6.20 Å². The van der Waals surface area contributed by atoms with Crippen LogP contribution in [-0.4, -0.2) is 70.3 Å². The minimum Gasteiger partial charge on any atom is -0.347 e. The molecule has 1 aliphatic carbocycles. The van der Waals surface area contributed by atoms with Gasteiger partial charge in [0.2, 0.25) is 5.91 Å². The van der Waals surface area contributed by atoms with E-state index in [9.17, 15) is 9.59 Å². The van der Waals surface area contributed by atoms with Crippen LogP contribution < -0.4 is 5.32 Å². The van der Waals surface area contributed by atoms with Crippen LogP contribution in [0.25, 0.3) is 0 Å². The van der Waals surface area contributed by atoms with E-state index < -0.39 is 0 Å². The molecule has 2 amide bonds. The van der Waals surface area contributed by atoms with Gasteiger partial charge in [0.25, 0.3) is 5.91 Å². The van der Waals surface area contributed by atoms with Gasteiger partial charge in [0.05, 0.1) is 17.8 Å². The van der Waals surface area contributed by atoms with Gasteiger partial charge in [-0.2, -0.15) is 0 Å². The summed E-state index contributed by atoms with van der Waals surface area (Å²) in [6.07, 6.45) is 5.73. The summed E-state index contributed by atoms with van der Waals surface area (Å²) in [6, 6.07) is -0.109. The van der Waals surface area contributed by atoms with Gasteiger partial charge in [-0.05, 0) is 25.7 Å². The highest BCUT2D eigenvalue weighted by atomic mass is 16.2. The number of nitrogens with zero attached hydrogens (tertiary/aromatic N) is 4. The van der Waals surface area contributed by atoms with Crippen molar-refractivity contribution >= 4 is 11.8 Å². The molecule has 7 heteroatoms. The molecular weight excluding hydrogens is 342 g/mol. The Morgan fingerprint density at radius 2 is 1.89 bits per heavy atom. The van der Waals surface area contributed by atoms with Crippen LogP contribution in [0.4, 0.5) is 0 Å². The zero-order valence-electron chi connectivity index (χ0n) is 16.6. The Hall–Kier alpha value is -2.02. The molecule has 148 valence electrons. The van der Waals surface area contributed by atoms with Gasteiger partial charge < -0.3 is 10.2 Å². The number of hydrogen-bond acceptors (Lipinski definition) is 5. The molecule has 1 N–H and O–H groups in total. The number of carbonyl (C=O) groups excluding carboxylic acids is 2. The minimum atomic E-state index is -0.242. The summed E-state index contributed by atoms with van der Waals surface area (Å²) in [4.78, 5) is 38.2. The van der Waals surface area contributed by atoms with E-state index in [4.69, 9.17) is 0 Å². The molecule has 0 radical (unpaired) electrons. The lowest BCUT2D eigenvalue weighted by Crippen LogP contribution is -2.53. The normalized spacial score (nSPS) is 23.6. The predicted octanol–water partition coefficient (Wildman–Crippen LogP) is 1.48. The van der Waals surface area contributed by atoms with Crippen LogP contribution in [-0.2, 0) is 4.79 Å². The average molecular weight is 374 g/mol. The van der Waals surface area contributed by atoms with E-state index in [0.717, 1.165) is 57.7 Å². The predicted molar refractivity (Wildman–Crippen MR) is 103 cm³/mol. The monoisotopic (exact) mass is 373 g/mol. The fourth-order valence-corrected chi connectivity index (χ4v) is 4.08. The van der Waals surface area contributed by atoms with Crippen molar-refractivity contribution in [3.8, 4) is 0 Å². The van der Waals surface area contributed by atoms with E-state index in [0.29, 0.717) is 11.6 Å². The van der Waals surface area contributed by atoms with Gasteiger partial charge in [-0.25, -0.2) is 4.98 Å². The van der Waals surface area contributed by atoms with Crippen LogP contribution >= 0.6 is 0 Å². The molecule has 1 saturated carbocycles. The first kappa shape index (κ1) is 19.7. The van der Waals surface area contributed by atoms with Crippen LogP contribution in [0, 0.1) is 18.8 Å². The van der Waals surface area contributed by atoms with Crippen molar-refractivity contribution in [2.45, 2.75) is 46.1 Å². The zero-order chi connectivity index (χ0) is 19.4. The molecule has 2 aliphatic rings. The molecule has 0 spiro atoms. The van der Waals surface area contributed by atoms with Gasteiger partial charge >= 0.3 is 0 Å². The van der Waals surface area contributed by atoms with Crippen LogP contribution in [0.3, 0.4) is 0 Å². The summed E-state index contributed by atoms with van der Waals surface area (Å²) in [5.41, 5.74) is 1.08. The fourth-order valence-electron chi connectivity index (χ4n) is 4.08. The summed E-state index contributed by atoms with van der Waals surface area (Å²) in [5.74, 6) is 0.474. The lowest BCUT2D eigenvalue weighted by molar-refractivity contribution is -0.137. The second kappa shape index (κ2) is 8.78. The second-order valence-corrected chi connectivity index (χ2v) is 8.18. The smallest absolute Gasteiger partial charge is 0.271 e. The van der Waals surface area contributed by atoms with Crippen LogP contribution in [0.2, 0.25) is 0 Å². The van der Waals surface area contributed by atoms with Gasteiger partial charge in [0.1, 0.15) is 5.69 Å². The Labute approximate surface area is 161 Å². The molecule has 1 saturated heterocycles. The summed E-state index contributed by atoms with van der Waals surface area (Å²) in [6.45, 7) is 10.8. The number of nitrogens with one attached hydrogen (secondary N) is 1. The van der Waals surface area contributed by atoms with E-state index in [-0.39, 0.29) is 23.8 Å². The number of piperazine rings is 1. The number of carbonyl (C=O) groups is 2. The largest absolute Gasteiger partial charge is 0.347 e. The van der Waals surface area contributed by atoms with Crippen LogP contribution in [0.15, 0.2) is 12.4 Å². The lowest BCUT2D eigenvalue weighted by Gasteiger charge is -2.37. The number of hydrogen-bond donors (Lipinski definition) is 1. The number of rotatable bonds is 5. The van der Waals surface area contributed by atoms with Gasteiger partial charge in [-0.3, -0.25) is 19.5 Å². The maximum atomic E-state index is 13.0. The summed E-state index contributed by atoms with van der Waals surface area (Å²) < 4.78 is 0. The van der Waals surface area contributed by atoms with Crippen molar-refractivity contribution in [1.29, 1.82) is 0 Å². The highest BCUT2D eigenvalue weighted by molar-refractivity contribution is 5.92. The first-order valence-corrected chi connectivity index (χ1v) is 10.0. The molecule has 3 rings (SSSR count). The lowest BCUT2D eigenvalue weighted by atomic mass is 10.0. The SMILES string of the molecule is Cc1cnc(C(=O)N[C@@H]2CCC[C@@H]2C(=O)N2CCN(CC(C)C)CC2)cn1. The van der Waals surface area contributed by atoms with Crippen molar-refractivity contribution < 1.29 is 9.59 Å². The first-order valence-electron chi connectivity index (χ1n) is 10.0. The Morgan fingerprint density at radius 3 is 2.52 bits per heavy atom. The molecule has 0 unspecified atom stereocenters. The molecule has 7 nitrogen and oxygen atoms in total. The summed E-state index contributed by atoms with van der Waals surface area (Å²) in [5, 5.41) is 3.02. The van der Waals surface area contributed by atoms with Gasteiger partial charge in [0, 0.05) is 45.0 Å². The molecule has 2 atom stereocenters. The molecule has 1 aliphatic heterocycles. The van der Waals surface area contributed by atoms with Crippen LogP contribution in [0.5, 0.6) is 0 Å². The molecule has 0 bridgehead atoms. The minimum absolute atomic E-state index is 0.109. The van der Waals surface area contributed by atoms with Gasteiger partial charge in [0.15, 0.2) is 0 Å². The number of aromatic nitrogens is 2. The molecule has 1 aromatic heterocycles. The van der Waals surface area contributed by atoms with E-state index in [1.165, 1.54) is 6.20 Å². The van der Waals surface area contributed by atoms with E-state index >= 15 is 0 Å². The second-order valence-electron chi connectivity index (χ2n) is 8.18. The molecule has 27 heavy (non-hydrogen) atoms. The van der Waals surface area contributed by atoms with Crippen molar-refractivity contribution in [3.63, 3.8) is 0 Å². The molecule has 2 heterocycles. The third-order valence-electron chi connectivity index (χ3n) is 5.47. The standard InChI is InChI=1S/C20H31N5O2/c1-14(2)13-24-7-9-25(10-8-24)20(27)16-5-4-6-17(16)23-19(26)18-12-21-15(3)11-22-18/h11-12,14,16-17H,4-10,13H2,1-3H3,(H,23,26)/t16-,17+/m0/s1. The topological polar surface area (TPSA) is 78.4 Å². The fraction of sp³-hybridized carbons (Fsp3) is 0.700. The Bertz CT molecular complexity index is 653. The maximum Gasteiger partial charge on any atom is 0.271 e. The van der Waals surface area contributed by atoms with Crippen LogP contribution in [0.1, 0.15) is 49.3 Å². The van der Waals surface area contributed by atoms with Crippen molar-refractivity contribution in [3.05, 3.63) is 23.8 Å². The van der Waals surface area contributed by atoms with Gasteiger partial charge in [-0.1, -0.05) is 20.3 Å². The average Bonchev–Trinajstić information content (AvgIpc) is 3.10. The highest BCUT2D eigenvalue weighted by Gasteiger charge is 2.37. The Balaban J connectivity index is 1.55. The summed E-state index contributed by atoms with van der Waals surface area (Å²) >= 11 is 0. The molecular formula is C20H31N5O2. The van der Waals surface area contributed by atoms with Crippen molar-refractivity contribution in [2.75, 3.05) is 32.7 Å². The van der Waals surface area contributed by atoms with Crippen molar-refractivity contribution in [2.24, 2.45) is 11.8 Å². The number of amides is 2. The van der Waals surface area contributed by atoms with E-state index in [1.807, 2.05) is 11.8 Å². The Morgan fingerprint density at radius 1 is 1.15 bits per heavy atom. The molecule has 2 fully saturated rings. The zero-order valence-corrected chi connectivity index (χ0v) is 16.6. The number of aryl methyl sites for hydroxylation is 1. The third kappa shape index (κ3) is 5.03. The molecule has 1 aromatic rings. The Kier molecular flexibility index (Phi) is 6.42. The van der Waals surface area contributed by atoms with Crippen molar-refractivity contribution in [1.82, 2.24) is 25.1 Å².